The van der Waals surface area contributed by atoms with Gasteiger partial charge in [0.05, 0.1) is 19.4 Å². The van der Waals surface area contributed by atoms with Crippen LogP contribution in [0.3, 0.4) is 0 Å². The summed E-state index contributed by atoms with van der Waals surface area (Å²) in [6, 6.07) is 13.1. The molecule has 0 unspecified atom stereocenters. The molecule has 0 spiro atoms. The van der Waals surface area contributed by atoms with Crippen LogP contribution in [-0.2, 0) is 19.5 Å². The van der Waals surface area contributed by atoms with Gasteiger partial charge in [0.25, 0.3) is 10.0 Å². The van der Waals surface area contributed by atoms with Crippen molar-refractivity contribution in [2.75, 3.05) is 37.8 Å². The van der Waals surface area contributed by atoms with Gasteiger partial charge in [-0.1, -0.05) is 18.2 Å². The highest BCUT2D eigenvalue weighted by atomic mass is 32.2. The Morgan fingerprint density at radius 2 is 1.82 bits per heavy atom. The Bertz CT molecular complexity index is 1260. The van der Waals surface area contributed by atoms with Gasteiger partial charge >= 0.3 is 0 Å². The fourth-order valence-corrected chi connectivity index (χ4v) is 4.56. The van der Waals surface area contributed by atoms with E-state index in [1.54, 1.807) is 18.2 Å². The van der Waals surface area contributed by atoms with Crippen molar-refractivity contribution in [3.05, 3.63) is 58.8 Å². The van der Waals surface area contributed by atoms with Gasteiger partial charge < -0.3 is 29.7 Å². The van der Waals surface area contributed by atoms with Gasteiger partial charge in [-0.05, 0) is 40.6 Å². The zero-order valence-corrected chi connectivity index (χ0v) is 19.0. The number of anilines is 1. The molecule has 2 saturated heterocycles. The number of hydrogen-bond acceptors (Lipinski definition) is 9. The smallest absolute Gasteiger partial charge is 0.271 e. The number of allylic oxidation sites excluding steroid dienone is 1. The number of nitrogens with zero attached hydrogens (tertiary/aromatic N) is 2. The van der Waals surface area contributed by atoms with E-state index in [1.807, 2.05) is 18.2 Å². The van der Waals surface area contributed by atoms with Crippen LogP contribution in [0, 0.1) is 11.3 Å². The monoisotopic (exact) mass is 487 g/mol. The van der Waals surface area contributed by atoms with E-state index in [-0.39, 0.29) is 12.4 Å². The van der Waals surface area contributed by atoms with E-state index >= 15 is 0 Å². The number of ether oxygens (including phenoxy) is 2. The average molecular weight is 488 g/mol. The minimum absolute atomic E-state index is 0.263. The quantitative estimate of drug-likeness (QED) is 0.440. The summed E-state index contributed by atoms with van der Waals surface area (Å²) >= 11 is 0. The van der Waals surface area contributed by atoms with Crippen LogP contribution >= 0.6 is 0 Å². The third-order valence-corrected chi connectivity index (χ3v) is 6.92. The molecule has 2 aromatic carbocycles. The summed E-state index contributed by atoms with van der Waals surface area (Å²) in [5, 5.41) is 40.4. The van der Waals surface area contributed by atoms with Crippen LogP contribution in [0.2, 0.25) is 0 Å². The minimum Gasteiger partial charge on any atom is -0.491 e. The standard InChI is InChI=1S/C23H25N3O7S/c24-12-19(34(30,31)25-13-21-23(29)22(28)20(27)14-33-21)10-15-1-2-17-11-18(4-3-16(17)9-15)26-5-7-32-8-6-26/h1-4,9-11,13,20,22-23,25,27-29H,5-8,14H2/b19-10+,21-13+/t20-,22+,23+/m0/s1. The summed E-state index contributed by atoms with van der Waals surface area (Å²) in [6.45, 7) is 2.70. The molecule has 4 N–H and O–H groups in total. The van der Waals surface area contributed by atoms with Gasteiger partial charge in [-0.25, -0.2) is 8.42 Å². The summed E-state index contributed by atoms with van der Waals surface area (Å²) in [7, 11) is -4.28. The molecule has 180 valence electrons. The van der Waals surface area contributed by atoms with Crippen LogP contribution in [0.5, 0.6) is 0 Å². The Kier molecular flexibility index (Phi) is 7.06. The van der Waals surface area contributed by atoms with E-state index in [0.29, 0.717) is 18.8 Å². The van der Waals surface area contributed by atoms with Crippen molar-refractivity contribution in [2.24, 2.45) is 0 Å². The van der Waals surface area contributed by atoms with Crippen LogP contribution in [-0.4, -0.2) is 75.0 Å². The lowest BCUT2D eigenvalue weighted by Gasteiger charge is -2.30. The Balaban J connectivity index is 1.54. The lowest BCUT2D eigenvalue weighted by atomic mass is 10.0. The van der Waals surface area contributed by atoms with Crippen molar-refractivity contribution in [2.45, 2.75) is 18.3 Å². The number of aliphatic hydroxyl groups is 3. The van der Waals surface area contributed by atoms with Gasteiger partial charge in [0.2, 0.25) is 0 Å². The fourth-order valence-electron chi connectivity index (χ4n) is 3.75. The zero-order chi connectivity index (χ0) is 24.3. The van der Waals surface area contributed by atoms with E-state index in [1.165, 1.54) is 6.08 Å². The van der Waals surface area contributed by atoms with Crippen molar-refractivity contribution in [1.82, 2.24) is 4.72 Å². The van der Waals surface area contributed by atoms with Crippen molar-refractivity contribution < 1.29 is 33.2 Å². The maximum Gasteiger partial charge on any atom is 0.271 e. The lowest BCUT2D eigenvalue weighted by molar-refractivity contribution is -0.119. The normalized spacial score (nSPS) is 25.1. The predicted octanol–water partition coefficient (Wildman–Crippen LogP) is 0.415. The number of aliphatic hydroxyl groups excluding tert-OH is 3. The molecule has 3 atom stereocenters. The van der Waals surface area contributed by atoms with Crippen LogP contribution in [0.15, 0.2) is 53.3 Å². The van der Waals surface area contributed by atoms with Crippen LogP contribution in [0.25, 0.3) is 16.8 Å². The topological polar surface area (TPSA) is 152 Å². The molecule has 2 fully saturated rings. The second-order valence-electron chi connectivity index (χ2n) is 7.99. The largest absolute Gasteiger partial charge is 0.491 e. The number of nitriles is 1. The zero-order valence-electron chi connectivity index (χ0n) is 18.2. The summed E-state index contributed by atoms with van der Waals surface area (Å²) in [4.78, 5) is 1.70. The SMILES string of the molecule is N#C/C(=C\c1ccc2cc(N3CCOCC3)ccc2c1)S(=O)(=O)N/C=C1/OC[C@H](O)[C@@H](O)[C@@H]1O. The molecule has 0 saturated carbocycles. The number of morpholine rings is 1. The fraction of sp³-hybridized carbons (Fsp3) is 0.348. The van der Waals surface area contributed by atoms with E-state index in [0.717, 1.165) is 35.7 Å². The molecule has 10 nitrogen and oxygen atoms in total. The molecule has 0 aliphatic carbocycles. The number of fused-ring (bicyclic) bond motifs is 1. The van der Waals surface area contributed by atoms with Crippen LogP contribution in [0.1, 0.15) is 5.56 Å². The lowest BCUT2D eigenvalue weighted by Crippen LogP contribution is -2.46. The van der Waals surface area contributed by atoms with Gasteiger partial charge in [-0.3, -0.25) is 4.72 Å². The maximum absolute atomic E-state index is 12.6. The van der Waals surface area contributed by atoms with E-state index in [2.05, 4.69) is 15.7 Å². The van der Waals surface area contributed by atoms with Gasteiger partial charge in [0.1, 0.15) is 36.7 Å². The molecule has 2 aromatic rings. The highest BCUT2D eigenvalue weighted by Gasteiger charge is 2.34. The molecule has 2 aliphatic heterocycles. The first-order chi connectivity index (χ1) is 16.3. The van der Waals surface area contributed by atoms with Gasteiger partial charge in [-0.15, -0.1) is 0 Å². The number of sulfonamides is 1. The number of benzene rings is 2. The number of nitrogens with one attached hydrogen (secondary N) is 1. The molecule has 0 bridgehead atoms. The van der Waals surface area contributed by atoms with E-state index in [4.69, 9.17) is 9.47 Å². The number of rotatable bonds is 5. The Morgan fingerprint density at radius 3 is 2.56 bits per heavy atom. The molecule has 0 radical (unpaired) electrons. The third kappa shape index (κ3) is 5.16. The van der Waals surface area contributed by atoms with Gasteiger partial charge in [0, 0.05) is 18.8 Å². The van der Waals surface area contributed by atoms with Crippen LogP contribution < -0.4 is 9.62 Å². The first-order valence-electron chi connectivity index (χ1n) is 10.7. The second kappa shape index (κ2) is 10.0. The Labute approximate surface area is 197 Å². The summed E-state index contributed by atoms with van der Waals surface area (Å²) in [5.74, 6) is -0.263. The van der Waals surface area contributed by atoms with Crippen molar-refractivity contribution in [3.63, 3.8) is 0 Å². The second-order valence-corrected chi connectivity index (χ2v) is 9.67. The molecular formula is C23H25N3O7S. The molecule has 2 heterocycles. The van der Waals surface area contributed by atoms with Crippen molar-refractivity contribution >= 4 is 32.6 Å². The maximum atomic E-state index is 12.6. The minimum atomic E-state index is -4.28. The molecule has 0 aromatic heterocycles. The molecule has 2 aliphatic rings. The van der Waals surface area contributed by atoms with Gasteiger partial charge in [0.15, 0.2) is 4.91 Å². The summed E-state index contributed by atoms with van der Waals surface area (Å²) in [5.41, 5.74) is 1.61. The molecule has 4 rings (SSSR count). The first kappa shape index (κ1) is 24.0. The van der Waals surface area contributed by atoms with Crippen LogP contribution in [0.4, 0.5) is 5.69 Å². The Morgan fingerprint density at radius 1 is 1.12 bits per heavy atom. The first-order valence-corrected chi connectivity index (χ1v) is 12.1. The summed E-state index contributed by atoms with van der Waals surface area (Å²) < 4.78 is 37.8. The third-order valence-electron chi connectivity index (χ3n) is 5.71. The summed E-state index contributed by atoms with van der Waals surface area (Å²) in [6.07, 6.45) is -2.32. The van der Waals surface area contributed by atoms with E-state index < -0.39 is 33.2 Å². The highest BCUT2D eigenvalue weighted by Crippen LogP contribution is 2.25. The Hall–Kier alpha value is -3.14. The highest BCUT2D eigenvalue weighted by molar-refractivity contribution is 7.93. The molecule has 11 heteroatoms. The number of hydrogen-bond donors (Lipinski definition) is 4. The van der Waals surface area contributed by atoms with Crippen molar-refractivity contribution in [1.29, 1.82) is 5.26 Å². The average Bonchev–Trinajstić information content (AvgIpc) is 2.85. The predicted molar refractivity (Wildman–Crippen MR) is 125 cm³/mol. The van der Waals surface area contributed by atoms with E-state index in [9.17, 15) is 29.0 Å². The van der Waals surface area contributed by atoms with Crippen molar-refractivity contribution in [3.8, 4) is 6.07 Å². The molecule has 0 amide bonds. The molecule has 34 heavy (non-hydrogen) atoms. The molecular weight excluding hydrogens is 462 g/mol. The van der Waals surface area contributed by atoms with Gasteiger partial charge in [-0.2, -0.15) is 5.26 Å².